The molecule has 0 spiro atoms. The van der Waals surface area contributed by atoms with E-state index in [1.165, 1.54) is 0 Å². The molecule has 1 amide bonds. The summed E-state index contributed by atoms with van der Waals surface area (Å²) in [5, 5.41) is 0. The number of carbonyl (C=O) groups excluding carboxylic acids is 1. The number of nitrogens with two attached hydrogens (primary N) is 1. The maximum atomic E-state index is 13.1. The zero-order chi connectivity index (χ0) is 18.0. The lowest BCUT2D eigenvalue weighted by molar-refractivity contribution is -0.129. The normalized spacial score (nSPS) is 22.0. The highest BCUT2D eigenvalue weighted by molar-refractivity contribution is 5.94. The fraction of sp³-hybridized carbons (Fsp3) is 0.227. The van der Waals surface area contributed by atoms with Crippen molar-refractivity contribution in [1.29, 1.82) is 0 Å². The summed E-state index contributed by atoms with van der Waals surface area (Å²) in [7, 11) is 0. The summed E-state index contributed by atoms with van der Waals surface area (Å²) in [6.45, 7) is 1.12. The summed E-state index contributed by atoms with van der Waals surface area (Å²) in [4.78, 5) is 13.1. The third-order valence-electron chi connectivity index (χ3n) is 5.02. The van der Waals surface area contributed by atoms with E-state index in [0.717, 1.165) is 35.6 Å². The Labute approximate surface area is 153 Å². The van der Waals surface area contributed by atoms with E-state index in [-0.39, 0.29) is 16.3 Å². The van der Waals surface area contributed by atoms with Crippen LogP contribution in [0.2, 0.25) is 0 Å². The lowest BCUT2D eigenvalue weighted by Crippen LogP contribution is -2.51. The first-order chi connectivity index (χ1) is 12.7. The Balaban J connectivity index is 1.61. The van der Waals surface area contributed by atoms with Gasteiger partial charge in [0.05, 0.1) is 5.92 Å². The van der Waals surface area contributed by atoms with E-state index < -0.39 is 0 Å². The molecule has 1 fully saturated rings. The van der Waals surface area contributed by atoms with Crippen molar-refractivity contribution >= 4 is 11.6 Å². The second-order valence-corrected chi connectivity index (χ2v) is 6.87. The second kappa shape index (κ2) is 6.90. The molecule has 2 aliphatic rings. The van der Waals surface area contributed by atoms with E-state index in [0.29, 0.717) is 13.1 Å². The summed E-state index contributed by atoms with van der Waals surface area (Å²) in [5.41, 5.74) is 7.78. The number of carbonyl (C=O) groups is 1. The number of amides is 1. The highest BCUT2D eigenvalue weighted by Crippen LogP contribution is 2.39. The van der Waals surface area contributed by atoms with Gasteiger partial charge in [-0.15, -0.1) is 0 Å². The number of rotatable bonds is 5. The fourth-order valence-electron chi connectivity index (χ4n) is 3.31. The van der Waals surface area contributed by atoms with Crippen LogP contribution in [0.3, 0.4) is 0 Å². The van der Waals surface area contributed by atoms with Gasteiger partial charge in [0.25, 0.3) is 0 Å². The van der Waals surface area contributed by atoms with Crippen LogP contribution in [0.1, 0.15) is 12.8 Å². The van der Waals surface area contributed by atoms with Gasteiger partial charge in [-0.2, -0.15) is 4.48 Å². The molecule has 4 rings (SSSR count). The van der Waals surface area contributed by atoms with Crippen molar-refractivity contribution in [2.75, 3.05) is 13.1 Å². The van der Waals surface area contributed by atoms with Gasteiger partial charge in [-0.05, 0) is 54.8 Å². The maximum Gasteiger partial charge on any atom is 0.326 e. The molecule has 0 radical (unpaired) electrons. The molecule has 4 heteroatoms. The number of nitrogens with zero attached hydrogens (tertiary/aromatic N) is 1. The zero-order valence-electron chi connectivity index (χ0n) is 14.7. The number of quaternary nitrogens is 1. The lowest BCUT2D eigenvalue weighted by atomic mass is 10.1. The molecule has 0 bridgehead atoms. The number of benzene rings is 2. The van der Waals surface area contributed by atoms with Gasteiger partial charge in [-0.1, -0.05) is 18.2 Å². The van der Waals surface area contributed by atoms with E-state index in [1.54, 1.807) is 0 Å². The van der Waals surface area contributed by atoms with Gasteiger partial charge in [0.1, 0.15) is 29.9 Å². The van der Waals surface area contributed by atoms with Crippen LogP contribution in [0.15, 0.2) is 78.5 Å². The summed E-state index contributed by atoms with van der Waals surface area (Å²) in [6.07, 6.45) is 8.05. The van der Waals surface area contributed by atoms with Crippen molar-refractivity contribution in [2.45, 2.75) is 12.8 Å². The predicted molar refractivity (Wildman–Crippen MR) is 104 cm³/mol. The molecule has 0 saturated heterocycles. The molecule has 26 heavy (non-hydrogen) atoms. The van der Waals surface area contributed by atoms with Gasteiger partial charge in [0.2, 0.25) is 0 Å². The van der Waals surface area contributed by atoms with Crippen LogP contribution in [0, 0.1) is 5.92 Å². The van der Waals surface area contributed by atoms with Crippen molar-refractivity contribution in [1.82, 2.24) is 4.48 Å². The molecular weight excluding hydrogens is 324 g/mol. The Bertz CT molecular complexity index is 851. The largest absolute Gasteiger partial charge is 0.457 e. The minimum atomic E-state index is 0.174. The van der Waals surface area contributed by atoms with Gasteiger partial charge in [-0.3, -0.25) is 0 Å². The summed E-state index contributed by atoms with van der Waals surface area (Å²) in [5.74, 6) is 2.00. The van der Waals surface area contributed by atoms with Crippen molar-refractivity contribution in [3.05, 3.63) is 78.5 Å². The second-order valence-electron chi connectivity index (χ2n) is 6.87. The first kappa shape index (κ1) is 16.8. The Morgan fingerprint density at radius 1 is 1.04 bits per heavy atom. The standard InChI is InChI=1S/C22H23N2O2/c23-16-17-12-14-24(15-13-17,22(25)18-6-7-18)19-8-10-21(11-9-19)26-20-4-2-1-3-5-20/h1-5,8-14,18H,6-7,15-16,23H2/q+1. The first-order valence-electron chi connectivity index (χ1n) is 9.05. The quantitative estimate of drug-likeness (QED) is 0.827. The molecule has 0 aromatic heterocycles. The van der Waals surface area contributed by atoms with Crippen LogP contribution in [0.4, 0.5) is 5.69 Å². The molecule has 4 nitrogen and oxygen atoms in total. The molecule has 1 saturated carbocycles. The average molecular weight is 347 g/mol. The zero-order valence-corrected chi connectivity index (χ0v) is 14.7. The van der Waals surface area contributed by atoms with E-state index >= 15 is 0 Å². The smallest absolute Gasteiger partial charge is 0.326 e. The van der Waals surface area contributed by atoms with E-state index in [1.807, 2.05) is 66.9 Å². The van der Waals surface area contributed by atoms with Crippen molar-refractivity contribution in [3.63, 3.8) is 0 Å². The highest BCUT2D eigenvalue weighted by atomic mass is 16.5. The monoisotopic (exact) mass is 347 g/mol. The van der Waals surface area contributed by atoms with E-state index in [9.17, 15) is 4.79 Å². The van der Waals surface area contributed by atoms with Crippen LogP contribution < -0.4 is 15.0 Å². The van der Waals surface area contributed by atoms with Crippen LogP contribution >= 0.6 is 0 Å². The van der Waals surface area contributed by atoms with Gasteiger partial charge in [0, 0.05) is 18.7 Å². The van der Waals surface area contributed by atoms with Crippen molar-refractivity contribution < 1.29 is 9.53 Å². The number of hydrogen-bond donors (Lipinski definition) is 1. The summed E-state index contributed by atoms with van der Waals surface area (Å²) < 4.78 is 6.11. The van der Waals surface area contributed by atoms with Crippen LogP contribution in [0.25, 0.3) is 0 Å². The van der Waals surface area contributed by atoms with Gasteiger partial charge >= 0.3 is 5.91 Å². The molecule has 132 valence electrons. The molecule has 2 aromatic rings. The molecular formula is C22H23N2O2+. The average Bonchev–Trinajstić information content (AvgIpc) is 3.54. The van der Waals surface area contributed by atoms with Crippen LogP contribution in [-0.2, 0) is 4.79 Å². The molecule has 1 unspecified atom stereocenters. The van der Waals surface area contributed by atoms with Crippen LogP contribution in [-0.4, -0.2) is 19.0 Å². The lowest BCUT2D eigenvalue weighted by Gasteiger charge is -2.33. The number of hydrogen-bond acceptors (Lipinski definition) is 3. The summed E-state index contributed by atoms with van der Waals surface area (Å²) in [6, 6.07) is 17.5. The minimum absolute atomic E-state index is 0.174. The van der Waals surface area contributed by atoms with Crippen molar-refractivity contribution in [3.8, 4) is 11.5 Å². The van der Waals surface area contributed by atoms with Gasteiger partial charge < -0.3 is 10.5 Å². The number of ether oxygens (including phenoxy) is 1. The third kappa shape index (κ3) is 3.21. The molecule has 1 heterocycles. The Morgan fingerprint density at radius 2 is 1.73 bits per heavy atom. The van der Waals surface area contributed by atoms with E-state index in [4.69, 9.17) is 10.5 Å². The Hall–Kier alpha value is -2.69. The molecule has 1 aliphatic heterocycles. The number of para-hydroxylation sites is 1. The molecule has 2 N–H and O–H groups in total. The van der Waals surface area contributed by atoms with Crippen molar-refractivity contribution in [2.24, 2.45) is 11.7 Å². The summed E-state index contributed by atoms with van der Waals surface area (Å²) >= 11 is 0. The SMILES string of the molecule is NCC1=CC[N+](C(=O)C2CC2)(c2ccc(Oc3ccccc3)cc2)C=C1. The van der Waals surface area contributed by atoms with Gasteiger partial charge in [0.15, 0.2) is 0 Å². The third-order valence-corrected chi connectivity index (χ3v) is 5.02. The fourth-order valence-corrected chi connectivity index (χ4v) is 3.31. The first-order valence-corrected chi connectivity index (χ1v) is 9.05. The van der Waals surface area contributed by atoms with Gasteiger partial charge in [-0.25, -0.2) is 4.79 Å². The Kier molecular flexibility index (Phi) is 4.45. The highest BCUT2D eigenvalue weighted by Gasteiger charge is 2.47. The van der Waals surface area contributed by atoms with Crippen LogP contribution in [0.5, 0.6) is 11.5 Å². The topological polar surface area (TPSA) is 52.3 Å². The minimum Gasteiger partial charge on any atom is -0.457 e. The Morgan fingerprint density at radius 3 is 2.31 bits per heavy atom. The molecule has 2 aromatic carbocycles. The van der Waals surface area contributed by atoms with E-state index in [2.05, 4.69) is 6.08 Å². The molecule has 1 atom stereocenters. The molecule has 1 aliphatic carbocycles. The predicted octanol–water partition coefficient (Wildman–Crippen LogP) is 4.14. The maximum absolute atomic E-state index is 13.1.